The highest BCUT2D eigenvalue weighted by Gasteiger charge is 2.29. The Morgan fingerprint density at radius 3 is 1.82 bits per heavy atom. The third-order valence-corrected chi connectivity index (χ3v) is 12.1. The smallest absolute Gasteiger partial charge is 0.149 e. The summed E-state index contributed by atoms with van der Waals surface area (Å²) in [6, 6.07) is 57.4. The van der Waals surface area contributed by atoms with Crippen LogP contribution in [-0.2, 0) is 10.8 Å². The zero-order valence-corrected chi connectivity index (χ0v) is 36.0. The maximum absolute atomic E-state index is 12.5. The summed E-state index contributed by atoms with van der Waals surface area (Å²) >= 11 is 0. The van der Waals surface area contributed by atoms with Gasteiger partial charge >= 0.3 is 0 Å². The lowest BCUT2D eigenvalue weighted by Gasteiger charge is -2.27. The summed E-state index contributed by atoms with van der Waals surface area (Å²) in [5.41, 5.74) is 14.2. The van der Waals surface area contributed by atoms with Crippen molar-refractivity contribution >= 4 is 32.7 Å². The molecule has 0 aliphatic rings. The van der Waals surface area contributed by atoms with Gasteiger partial charge in [0.05, 0.1) is 33.5 Å². The van der Waals surface area contributed by atoms with Gasteiger partial charge in [0.1, 0.15) is 11.6 Å². The molecule has 0 bridgehead atoms. The van der Waals surface area contributed by atoms with Gasteiger partial charge in [0.25, 0.3) is 0 Å². The molecule has 0 amide bonds. The first-order chi connectivity index (χ1) is 29.9. The monoisotopic (exact) mass is 804 g/mol. The third-order valence-electron chi connectivity index (χ3n) is 12.1. The van der Waals surface area contributed by atoms with Crippen LogP contribution in [0.25, 0.3) is 94.4 Å². The number of rotatable bonds is 6. The van der Waals surface area contributed by atoms with Gasteiger partial charge in [0.15, 0.2) is 0 Å². The molecular formula is C57H48N4O. The van der Waals surface area contributed by atoms with Crippen molar-refractivity contribution in [1.29, 1.82) is 0 Å². The molecule has 0 fully saturated rings. The summed E-state index contributed by atoms with van der Waals surface area (Å²) in [6.07, 6.45) is 3.83. The Hall–Kier alpha value is -7.37. The third kappa shape index (κ3) is 6.90. The summed E-state index contributed by atoms with van der Waals surface area (Å²) in [5, 5.41) is 15.5. The van der Waals surface area contributed by atoms with Crippen molar-refractivity contribution in [3.63, 3.8) is 0 Å². The predicted octanol–water partition coefficient (Wildman–Crippen LogP) is 14.8. The summed E-state index contributed by atoms with van der Waals surface area (Å²) in [7, 11) is 0. The minimum atomic E-state index is -0.335. The van der Waals surface area contributed by atoms with Gasteiger partial charge in [0, 0.05) is 39.9 Å². The number of phenols is 1. The number of phenolic OH excluding ortho intramolecular Hbond substituents is 1. The molecule has 0 radical (unpaired) electrons. The van der Waals surface area contributed by atoms with E-state index in [0.717, 1.165) is 94.2 Å². The molecule has 0 aliphatic heterocycles. The molecule has 0 aliphatic carbocycles. The van der Waals surface area contributed by atoms with Gasteiger partial charge in [-0.25, -0.2) is 4.98 Å². The molecule has 10 rings (SSSR count). The van der Waals surface area contributed by atoms with E-state index in [1.807, 2.05) is 24.5 Å². The second-order valence-electron chi connectivity index (χ2n) is 18.3. The van der Waals surface area contributed by atoms with Crippen LogP contribution >= 0.6 is 0 Å². The zero-order chi connectivity index (χ0) is 42.8. The number of hydrogen-bond donors (Lipinski definition) is 1. The van der Waals surface area contributed by atoms with Crippen LogP contribution in [0.15, 0.2) is 176 Å². The Labute approximate surface area is 363 Å². The van der Waals surface area contributed by atoms with Crippen LogP contribution in [0.5, 0.6) is 5.75 Å². The summed E-state index contributed by atoms with van der Waals surface area (Å²) in [5.74, 6) is 0.903. The number of fused-ring (bicyclic) bond motifs is 5. The van der Waals surface area contributed by atoms with Gasteiger partial charge in [-0.1, -0.05) is 157 Å². The van der Waals surface area contributed by atoms with Crippen LogP contribution in [0.1, 0.15) is 52.7 Å². The van der Waals surface area contributed by atoms with Crippen molar-refractivity contribution in [2.75, 3.05) is 0 Å². The largest absolute Gasteiger partial charge is 0.507 e. The van der Waals surface area contributed by atoms with E-state index in [0.29, 0.717) is 11.4 Å². The summed E-state index contributed by atoms with van der Waals surface area (Å²) in [6.45, 7) is 13.1. The first-order valence-electron chi connectivity index (χ1n) is 21.3. The molecule has 10 aromatic rings. The molecule has 0 saturated carbocycles. The van der Waals surface area contributed by atoms with Crippen LogP contribution < -0.4 is 0 Å². The second-order valence-corrected chi connectivity index (χ2v) is 18.3. The van der Waals surface area contributed by atoms with Crippen LogP contribution in [0.4, 0.5) is 0 Å². The fourth-order valence-corrected chi connectivity index (χ4v) is 8.71. The van der Waals surface area contributed by atoms with Crippen LogP contribution in [0, 0.1) is 0 Å². The van der Waals surface area contributed by atoms with E-state index in [1.54, 1.807) is 0 Å². The maximum atomic E-state index is 12.5. The first-order valence-corrected chi connectivity index (χ1v) is 21.3. The molecule has 3 heterocycles. The minimum Gasteiger partial charge on any atom is -0.507 e. The summed E-state index contributed by atoms with van der Waals surface area (Å²) in [4.78, 5) is 15.5. The SMILES string of the molecule is CC(C)(C)c1cc(-c2nc3c4c(ccc3n2-c2ccc(-c3ccccc3)cc2-c2ccccc2)ncc2ccc(-c3cc(-c5ccccc5)ccn3)cc24)c(O)c(C(C)(C)C)c1. The molecule has 5 heteroatoms. The normalized spacial score (nSPS) is 12.1. The fraction of sp³-hybridized carbons (Fsp3) is 0.140. The Bertz CT molecular complexity index is 3300. The van der Waals surface area contributed by atoms with E-state index in [2.05, 4.69) is 198 Å². The van der Waals surface area contributed by atoms with Crippen molar-refractivity contribution in [2.45, 2.75) is 52.4 Å². The van der Waals surface area contributed by atoms with Crippen LogP contribution in [0.2, 0.25) is 0 Å². The van der Waals surface area contributed by atoms with E-state index in [4.69, 9.17) is 15.0 Å². The van der Waals surface area contributed by atoms with Crippen molar-refractivity contribution in [3.05, 3.63) is 187 Å². The van der Waals surface area contributed by atoms with Crippen molar-refractivity contribution in [1.82, 2.24) is 19.5 Å². The lowest BCUT2D eigenvalue weighted by Crippen LogP contribution is -2.17. The molecule has 1 N–H and O–H groups in total. The first kappa shape index (κ1) is 38.8. The summed E-state index contributed by atoms with van der Waals surface area (Å²) < 4.78 is 2.26. The number of pyridine rings is 2. The Morgan fingerprint density at radius 2 is 1.16 bits per heavy atom. The molecule has 0 atom stereocenters. The highest BCUT2D eigenvalue weighted by atomic mass is 16.3. The fourth-order valence-electron chi connectivity index (χ4n) is 8.71. The van der Waals surface area contributed by atoms with Gasteiger partial charge in [-0.2, -0.15) is 0 Å². The molecular weight excluding hydrogens is 757 g/mol. The highest BCUT2D eigenvalue weighted by Crippen LogP contribution is 2.46. The van der Waals surface area contributed by atoms with Crippen molar-refractivity contribution < 1.29 is 5.11 Å². The molecule has 0 unspecified atom stereocenters. The number of imidazole rings is 1. The molecule has 62 heavy (non-hydrogen) atoms. The molecule has 0 saturated heterocycles. The topological polar surface area (TPSA) is 63.8 Å². The van der Waals surface area contributed by atoms with Gasteiger partial charge in [0.2, 0.25) is 0 Å². The van der Waals surface area contributed by atoms with E-state index in [1.165, 1.54) is 0 Å². The predicted molar refractivity (Wildman–Crippen MR) is 258 cm³/mol. The number of aromatic nitrogens is 4. The molecule has 302 valence electrons. The van der Waals surface area contributed by atoms with E-state index >= 15 is 0 Å². The average molecular weight is 805 g/mol. The number of hydrogen-bond acceptors (Lipinski definition) is 4. The lowest BCUT2D eigenvalue weighted by atomic mass is 9.79. The Morgan fingerprint density at radius 1 is 0.516 bits per heavy atom. The quantitative estimate of drug-likeness (QED) is 0.170. The Kier molecular flexibility index (Phi) is 9.37. The second kappa shape index (κ2) is 15.0. The van der Waals surface area contributed by atoms with Gasteiger partial charge in [-0.05, 0) is 98.1 Å². The van der Waals surface area contributed by atoms with E-state index in [-0.39, 0.29) is 16.6 Å². The van der Waals surface area contributed by atoms with Gasteiger partial charge < -0.3 is 5.11 Å². The van der Waals surface area contributed by atoms with Crippen molar-refractivity contribution in [2.24, 2.45) is 0 Å². The minimum absolute atomic E-state index is 0.194. The highest BCUT2D eigenvalue weighted by molar-refractivity contribution is 6.18. The number of aromatic hydroxyl groups is 1. The van der Waals surface area contributed by atoms with Gasteiger partial charge in [-0.15, -0.1) is 0 Å². The lowest BCUT2D eigenvalue weighted by molar-refractivity contribution is 0.446. The molecule has 3 aromatic heterocycles. The zero-order valence-electron chi connectivity index (χ0n) is 36.0. The number of nitrogens with zero attached hydrogens (tertiary/aromatic N) is 4. The molecule has 0 spiro atoms. The van der Waals surface area contributed by atoms with E-state index < -0.39 is 0 Å². The van der Waals surface area contributed by atoms with E-state index in [9.17, 15) is 5.11 Å². The average Bonchev–Trinajstić information content (AvgIpc) is 3.68. The molecule has 7 aromatic carbocycles. The molecule has 5 nitrogen and oxygen atoms in total. The van der Waals surface area contributed by atoms with Gasteiger partial charge in [-0.3, -0.25) is 14.5 Å². The van der Waals surface area contributed by atoms with Crippen LogP contribution in [-0.4, -0.2) is 24.6 Å². The standard InChI is InChI=1S/C57H48N4O/c1-56(2,3)43-33-46(54(62)47(34-43)57(4,5)6)55-60-53-51(61(55)50-26-24-39(36-16-10-7-11-17-36)30-44(50)38-20-14-9-15-21-38)27-25-48-52(53)45-31-41(22-23-42(45)35-59-48)49-32-40(28-29-58-49)37-18-12-8-13-19-37/h7-35,62H,1-6H3. The number of benzene rings is 7. The van der Waals surface area contributed by atoms with Crippen LogP contribution in [0.3, 0.4) is 0 Å². The Balaban J connectivity index is 1.30. The van der Waals surface area contributed by atoms with Crippen molar-refractivity contribution in [3.8, 4) is 67.5 Å². The maximum Gasteiger partial charge on any atom is 0.149 e.